The number of amides is 1. The molecular formula is C19H17NO4. The molecule has 5 nitrogen and oxygen atoms in total. The number of carboxylic acid groups (broad SMARTS) is 1. The van der Waals surface area contributed by atoms with E-state index in [4.69, 9.17) is 9.84 Å². The van der Waals surface area contributed by atoms with Crippen molar-refractivity contribution in [3.63, 3.8) is 0 Å². The Kier molecular flexibility index (Phi) is 4.08. The maximum atomic E-state index is 12.7. The van der Waals surface area contributed by atoms with Crippen LogP contribution in [0.5, 0.6) is 5.75 Å². The lowest BCUT2D eigenvalue weighted by molar-refractivity contribution is -0.117. The first kappa shape index (κ1) is 15.8. The second kappa shape index (κ2) is 6.20. The monoisotopic (exact) mass is 323 g/mol. The van der Waals surface area contributed by atoms with E-state index in [1.54, 1.807) is 23.1 Å². The Labute approximate surface area is 139 Å². The van der Waals surface area contributed by atoms with Gasteiger partial charge in [0.2, 0.25) is 0 Å². The number of anilines is 1. The van der Waals surface area contributed by atoms with Gasteiger partial charge in [-0.3, -0.25) is 9.69 Å². The molecule has 0 bridgehead atoms. The zero-order valence-corrected chi connectivity index (χ0v) is 13.4. The van der Waals surface area contributed by atoms with Gasteiger partial charge in [-0.05, 0) is 49.8 Å². The molecule has 0 spiro atoms. The van der Waals surface area contributed by atoms with Gasteiger partial charge in [0.15, 0.2) is 11.5 Å². The number of nitrogens with zero attached hydrogens (tertiary/aromatic N) is 1. The minimum atomic E-state index is -0.987. The first-order valence-electron chi connectivity index (χ1n) is 7.63. The molecule has 0 aromatic heterocycles. The number of aromatic carboxylic acids is 1. The molecule has 0 fully saturated rings. The fourth-order valence-corrected chi connectivity index (χ4v) is 2.61. The number of benzene rings is 2. The van der Waals surface area contributed by atoms with E-state index < -0.39 is 5.97 Å². The standard InChI is InChI=1S/C19H17NO4/c1-12(2)20-15-5-3-4-6-16(15)24-17(18(20)21)11-13-7-9-14(10-8-13)19(22)23/h3-12H,1-2H3,(H,22,23)/b17-11+. The van der Waals surface area contributed by atoms with Crippen LogP contribution in [0.25, 0.3) is 6.08 Å². The number of hydrogen-bond acceptors (Lipinski definition) is 3. The summed E-state index contributed by atoms with van der Waals surface area (Å²) in [5.41, 5.74) is 1.64. The molecule has 1 amide bonds. The fraction of sp³-hybridized carbons (Fsp3) is 0.158. The molecule has 2 aromatic carbocycles. The molecule has 0 atom stereocenters. The summed E-state index contributed by atoms with van der Waals surface area (Å²) in [5.74, 6) is -0.366. The van der Waals surface area contributed by atoms with E-state index in [0.717, 1.165) is 5.69 Å². The summed E-state index contributed by atoms with van der Waals surface area (Å²) in [6, 6.07) is 13.7. The molecule has 1 aliphatic rings. The van der Waals surface area contributed by atoms with Gasteiger partial charge in [0.1, 0.15) is 0 Å². The number of hydrogen-bond donors (Lipinski definition) is 1. The number of carbonyl (C=O) groups excluding carboxylic acids is 1. The number of ether oxygens (including phenoxy) is 1. The van der Waals surface area contributed by atoms with Gasteiger partial charge in [-0.15, -0.1) is 0 Å². The van der Waals surface area contributed by atoms with Gasteiger partial charge in [-0.1, -0.05) is 24.3 Å². The van der Waals surface area contributed by atoms with Crippen molar-refractivity contribution in [2.75, 3.05) is 4.90 Å². The lowest BCUT2D eigenvalue weighted by Crippen LogP contribution is -2.42. The average Bonchev–Trinajstić information content (AvgIpc) is 2.55. The Balaban J connectivity index is 1.99. The van der Waals surface area contributed by atoms with Crippen LogP contribution in [0.4, 0.5) is 5.69 Å². The third kappa shape index (κ3) is 2.88. The van der Waals surface area contributed by atoms with Crippen LogP contribution in [-0.2, 0) is 4.79 Å². The van der Waals surface area contributed by atoms with Gasteiger partial charge in [-0.25, -0.2) is 4.79 Å². The Bertz CT molecular complexity index is 822. The molecule has 2 aromatic rings. The van der Waals surface area contributed by atoms with Gasteiger partial charge in [0, 0.05) is 6.04 Å². The van der Waals surface area contributed by atoms with Crippen molar-refractivity contribution < 1.29 is 19.4 Å². The summed E-state index contributed by atoms with van der Waals surface area (Å²) in [5, 5.41) is 8.94. The lowest BCUT2D eigenvalue weighted by Gasteiger charge is -2.33. The molecule has 122 valence electrons. The molecular weight excluding hydrogens is 306 g/mol. The highest BCUT2D eigenvalue weighted by Crippen LogP contribution is 2.36. The number of rotatable bonds is 3. The van der Waals surface area contributed by atoms with Crippen LogP contribution in [0, 0.1) is 0 Å². The SMILES string of the molecule is CC(C)N1C(=O)/C(=C\c2ccc(C(=O)O)cc2)Oc2ccccc21. The number of carbonyl (C=O) groups is 2. The summed E-state index contributed by atoms with van der Waals surface area (Å²) < 4.78 is 5.76. The predicted molar refractivity (Wildman–Crippen MR) is 91.1 cm³/mol. The molecule has 0 saturated heterocycles. The van der Waals surface area contributed by atoms with E-state index in [-0.39, 0.29) is 23.3 Å². The average molecular weight is 323 g/mol. The summed E-state index contributed by atoms with van der Waals surface area (Å²) in [4.78, 5) is 25.3. The minimum absolute atomic E-state index is 0.0136. The van der Waals surface area contributed by atoms with Crippen molar-refractivity contribution in [1.29, 1.82) is 0 Å². The van der Waals surface area contributed by atoms with Gasteiger partial charge < -0.3 is 9.84 Å². The smallest absolute Gasteiger partial charge is 0.335 e. The van der Waals surface area contributed by atoms with Gasteiger partial charge in [0.25, 0.3) is 5.91 Å². The summed E-state index contributed by atoms with van der Waals surface area (Å²) >= 11 is 0. The van der Waals surface area contributed by atoms with E-state index in [2.05, 4.69) is 0 Å². The topological polar surface area (TPSA) is 66.8 Å². The van der Waals surface area contributed by atoms with Crippen LogP contribution >= 0.6 is 0 Å². The molecule has 5 heteroatoms. The third-order valence-corrected chi connectivity index (χ3v) is 3.75. The van der Waals surface area contributed by atoms with Crippen LogP contribution in [-0.4, -0.2) is 23.0 Å². The second-order valence-electron chi connectivity index (χ2n) is 5.77. The third-order valence-electron chi connectivity index (χ3n) is 3.75. The van der Waals surface area contributed by atoms with E-state index >= 15 is 0 Å². The highest BCUT2D eigenvalue weighted by Gasteiger charge is 2.31. The Hall–Kier alpha value is -3.08. The zero-order valence-electron chi connectivity index (χ0n) is 13.4. The van der Waals surface area contributed by atoms with Crippen molar-refractivity contribution in [2.24, 2.45) is 0 Å². The van der Waals surface area contributed by atoms with Gasteiger partial charge in [0.05, 0.1) is 11.3 Å². The first-order valence-corrected chi connectivity index (χ1v) is 7.63. The molecule has 24 heavy (non-hydrogen) atoms. The van der Waals surface area contributed by atoms with Crippen LogP contribution in [0.3, 0.4) is 0 Å². The summed E-state index contributed by atoms with van der Waals surface area (Å²) in [6.07, 6.45) is 1.62. The quantitative estimate of drug-likeness (QED) is 0.877. The van der Waals surface area contributed by atoms with E-state index in [1.807, 2.05) is 38.1 Å². The van der Waals surface area contributed by atoms with E-state index in [1.165, 1.54) is 12.1 Å². The Morgan fingerprint density at radius 3 is 2.42 bits per heavy atom. The van der Waals surface area contributed by atoms with E-state index in [0.29, 0.717) is 11.3 Å². The van der Waals surface area contributed by atoms with Crippen molar-refractivity contribution in [1.82, 2.24) is 0 Å². The number of para-hydroxylation sites is 2. The van der Waals surface area contributed by atoms with Crippen LogP contribution < -0.4 is 9.64 Å². The highest BCUT2D eigenvalue weighted by molar-refractivity contribution is 6.10. The lowest BCUT2D eigenvalue weighted by atomic mass is 10.1. The molecule has 1 aliphatic heterocycles. The second-order valence-corrected chi connectivity index (χ2v) is 5.77. The Morgan fingerprint density at radius 1 is 1.12 bits per heavy atom. The van der Waals surface area contributed by atoms with Crippen LogP contribution in [0.2, 0.25) is 0 Å². The molecule has 0 radical (unpaired) electrons. The number of carboxylic acids is 1. The summed E-state index contributed by atoms with van der Waals surface area (Å²) in [6.45, 7) is 3.89. The largest absolute Gasteiger partial charge is 0.478 e. The maximum Gasteiger partial charge on any atom is 0.335 e. The Morgan fingerprint density at radius 2 is 1.79 bits per heavy atom. The molecule has 1 N–H and O–H groups in total. The zero-order chi connectivity index (χ0) is 17.3. The van der Waals surface area contributed by atoms with E-state index in [9.17, 15) is 9.59 Å². The fourth-order valence-electron chi connectivity index (χ4n) is 2.61. The highest BCUT2D eigenvalue weighted by atomic mass is 16.5. The van der Waals surface area contributed by atoms with Crippen molar-refractivity contribution >= 4 is 23.6 Å². The number of fused-ring (bicyclic) bond motifs is 1. The minimum Gasteiger partial charge on any atom is -0.478 e. The normalized spacial score (nSPS) is 15.4. The van der Waals surface area contributed by atoms with Crippen LogP contribution in [0.15, 0.2) is 54.3 Å². The summed E-state index contributed by atoms with van der Waals surface area (Å²) in [7, 11) is 0. The van der Waals surface area contributed by atoms with Crippen molar-refractivity contribution in [3.05, 3.63) is 65.4 Å². The molecule has 3 rings (SSSR count). The molecule has 1 heterocycles. The van der Waals surface area contributed by atoms with Crippen molar-refractivity contribution in [3.8, 4) is 5.75 Å². The van der Waals surface area contributed by atoms with Crippen LogP contribution in [0.1, 0.15) is 29.8 Å². The molecule has 0 aliphatic carbocycles. The molecule has 0 unspecified atom stereocenters. The molecule has 0 saturated carbocycles. The predicted octanol–water partition coefficient (Wildman–Crippen LogP) is 3.56. The first-order chi connectivity index (χ1) is 11.5. The maximum absolute atomic E-state index is 12.7. The van der Waals surface area contributed by atoms with Gasteiger partial charge in [-0.2, -0.15) is 0 Å². The van der Waals surface area contributed by atoms with Gasteiger partial charge >= 0.3 is 5.97 Å². The van der Waals surface area contributed by atoms with Crippen molar-refractivity contribution in [2.45, 2.75) is 19.9 Å².